The molecule has 2 rings (SSSR count). The zero-order valence-electron chi connectivity index (χ0n) is 13.2. The molecule has 0 spiro atoms. The monoisotopic (exact) mass is 290 g/mol. The third-order valence-electron chi connectivity index (χ3n) is 4.17. The summed E-state index contributed by atoms with van der Waals surface area (Å²) in [5, 5.41) is 6.39. The van der Waals surface area contributed by atoms with Gasteiger partial charge in [-0.05, 0) is 62.9 Å². The Morgan fingerprint density at radius 3 is 2.81 bits per heavy atom. The molecule has 116 valence electrons. The maximum Gasteiger partial charge on any atom is 0.260 e. The number of nitrogens with one attached hydrogen (secondary N) is 2. The number of amides is 1. The van der Waals surface area contributed by atoms with Gasteiger partial charge in [0.05, 0.1) is 0 Å². The summed E-state index contributed by atoms with van der Waals surface area (Å²) < 4.78 is 5.71. The van der Waals surface area contributed by atoms with Crippen molar-refractivity contribution in [3.8, 4) is 5.75 Å². The molecule has 0 bridgehead atoms. The average molecular weight is 290 g/mol. The van der Waals surface area contributed by atoms with Gasteiger partial charge in [0, 0.05) is 6.54 Å². The van der Waals surface area contributed by atoms with Crippen LogP contribution in [0.25, 0.3) is 0 Å². The molecule has 2 N–H and O–H groups in total. The minimum atomic E-state index is -0.475. The second-order valence-corrected chi connectivity index (χ2v) is 6.36. The van der Waals surface area contributed by atoms with Gasteiger partial charge in [-0.15, -0.1) is 0 Å². The van der Waals surface area contributed by atoms with E-state index in [0.717, 1.165) is 43.8 Å². The van der Waals surface area contributed by atoms with Crippen LogP contribution in [-0.2, 0) is 4.79 Å². The van der Waals surface area contributed by atoms with Gasteiger partial charge in [-0.2, -0.15) is 0 Å². The van der Waals surface area contributed by atoms with Crippen molar-refractivity contribution >= 4 is 5.91 Å². The van der Waals surface area contributed by atoms with Crippen LogP contribution in [-0.4, -0.2) is 31.6 Å². The maximum atomic E-state index is 12.2. The topological polar surface area (TPSA) is 50.4 Å². The predicted octanol–water partition coefficient (Wildman–Crippen LogP) is 2.27. The molecule has 1 aromatic rings. The Morgan fingerprint density at radius 2 is 2.14 bits per heavy atom. The molecule has 0 radical (unpaired) electrons. The van der Waals surface area contributed by atoms with Gasteiger partial charge in [0.25, 0.3) is 5.91 Å². The molecule has 1 atom stereocenters. The van der Waals surface area contributed by atoms with Crippen molar-refractivity contribution in [2.75, 3.05) is 19.6 Å². The molecule has 21 heavy (non-hydrogen) atoms. The van der Waals surface area contributed by atoms with Crippen LogP contribution in [0.1, 0.15) is 32.3 Å². The first-order valence-electron chi connectivity index (χ1n) is 7.70. The van der Waals surface area contributed by atoms with Crippen LogP contribution in [0.5, 0.6) is 5.75 Å². The lowest BCUT2D eigenvalue weighted by Crippen LogP contribution is -2.45. The van der Waals surface area contributed by atoms with Crippen LogP contribution in [0, 0.1) is 12.3 Å². The summed E-state index contributed by atoms with van der Waals surface area (Å²) in [6.45, 7) is 8.82. The summed E-state index contributed by atoms with van der Waals surface area (Å²) >= 11 is 0. The van der Waals surface area contributed by atoms with E-state index in [1.807, 2.05) is 31.2 Å². The van der Waals surface area contributed by atoms with Gasteiger partial charge in [0.1, 0.15) is 5.75 Å². The Labute approximate surface area is 127 Å². The van der Waals surface area contributed by atoms with E-state index < -0.39 is 6.10 Å². The van der Waals surface area contributed by atoms with E-state index in [4.69, 9.17) is 4.74 Å². The van der Waals surface area contributed by atoms with Crippen LogP contribution < -0.4 is 15.4 Å². The van der Waals surface area contributed by atoms with Gasteiger partial charge in [0.2, 0.25) is 0 Å². The van der Waals surface area contributed by atoms with Crippen LogP contribution in [0.3, 0.4) is 0 Å². The maximum absolute atomic E-state index is 12.2. The number of rotatable bonds is 5. The Kier molecular flexibility index (Phi) is 5.23. The van der Waals surface area contributed by atoms with E-state index in [-0.39, 0.29) is 11.3 Å². The Hall–Kier alpha value is -1.55. The van der Waals surface area contributed by atoms with Crippen molar-refractivity contribution in [2.24, 2.45) is 5.41 Å². The molecule has 1 unspecified atom stereocenters. The lowest BCUT2D eigenvalue weighted by atomic mass is 9.81. The third-order valence-corrected chi connectivity index (χ3v) is 4.17. The van der Waals surface area contributed by atoms with E-state index in [2.05, 4.69) is 17.6 Å². The zero-order valence-corrected chi connectivity index (χ0v) is 13.2. The summed E-state index contributed by atoms with van der Waals surface area (Å²) in [5.41, 5.74) is 1.33. The fraction of sp³-hybridized carbons (Fsp3) is 0.588. The average Bonchev–Trinajstić information content (AvgIpc) is 2.45. The highest BCUT2D eigenvalue weighted by atomic mass is 16.5. The van der Waals surface area contributed by atoms with Crippen molar-refractivity contribution in [1.29, 1.82) is 0 Å². The highest BCUT2D eigenvalue weighted by Gasteiger charge is 2.28. The first-order chi connectivity index (χ1) is 9.98. The van der Waals surface area contributed by atoms with Gasteiger partial charge in [-0.25, -0.2) is 0 Å². The molecule has 4 nitrogen and oxygen atoms in total. The van der Waals surface area contributed by atoms with Crippen molar-refractivity contribution in [3.63, 3.8) is 0 Å². The highest BCUT2D eigenvalue weighted by Crippen LogP contribution is 2.26. The smallest absolute Gasteiger partial charge is 0.260 e. The summed E-state index contributed by atoms with van der Waals surface area (Å²) in [6, 6.07) is 7.77. The quantitative estimate of drug-likeness (QED) is 0.874. The molecule has 0 aliphatic carbocycles. The number of hydrogen-bond donors (Lipinski definition) is 2. The zero-order chi connectivity index (χ0) is 15.3. The van der Waals surface area contributed by atoms with Crippen molar-refractivity contribution in [1.82, 2.24) is 10.6 Å². The summed E-state index contributed by atoms with van der Waals surface area (Å²) in [4.78, 5) is 12.2. The summed E-state index contributed by atoms with van der Waals surface area (Å²) in [7, 11) is 0. The molecule has 1 aliphatic rings. The highest BCUT2D eigenvalue weighted by molar-refractivity contribution is 5.80. The van der Waals surface area contributed by atoms with Gasteiger partial charge in [-0.3, -0.25) is 4.79 Å². The fourth-order valence-corrected chi connectivity index (χ4v) is 2.60. The number of ether oxygens (including phenoxy) is 1. The normalized spacial score (nSPS) is 18.8. The van der Waals surface area contributed by atoms with Crippen molar-refractivity contribution < 1.29 is 9.53 Å². The SMILES string of the molecule is Cc1cccc(OC(C)C(=O)NCC2(C)CCNCC2)c1. The van der Waals surface area contributed by atoms with E-state index in [1.165, 1.54) is 0 Å². The number of piperidine rings is 1. The van der Waals surface area contributed by atoms with Gasteiger partial charge < -0.3 is 15.4 Å². The lowest BCUT2D eigenvalue weighted by Gasteiger charge is -2.34. The molecule has 1 saturated heterocycles. The Morgan fingerprint density at radius 1 is 1.43 bits per heavy atom. The number of benzene rings is 1. The predicted molar refractivity (Wildman–Crippen MR) is 84.5 cm³/mol. The van der Waals surface area contributed by atoms with Crippen molar-refractivity contribution in [3.05, 3.63) is 29.8 Å². The van der Waals surface area contributed by atoms with E-state index in [1.54, 1.807) is 6.92 Å². The molecule has 1 aromatic carbocycles. The largest absolute Gasteiger partial charge is 0.481 e. The molecule has 1 amide bonds. The number of hydrogen-bond acceptors (Lipinski definition) is 3. The minimum Gasteiger partial charge on any atom is -0.481 e. The van der Waals surface area contributed by atoms with Crippen LogP contribution in [0.2, 0.25) is 0 Å². The van der Waals surface area contributed by atoms with Crippen LogP contribution in [0.4, 0.5) is 0 Å². The molecule has 1 aliphatic heterocycles. The lowest BCUT2D eigenvalue weighted by molar-refractivity contribution is -0.127. The molecule has 4 heteroatoms. The van der Waals surface area contributed by atoms with Crippen molar-refractivity contribution in [2.45, 2.75) is 39.7 Å². The second kappa shape index (κ2) is 6.94. The molecular formula is C17H26N2O2. The van der Waals surface area contributed by atoms with E-state index >= 15 is 0 Å². The van der Waals surface area contributed by atoms with Crippen LogP contribution >= 0.6 is 0 Å². The minimum absolute atomic E-state index is 0.0451. The summed E-state index contributed by atoms with van der Waals surface area (Å²) in [5.74, 6) is 0.696. The van der Waals surface area contributed by atoms with Crippen LogP contribution in [0.15, 0.2) is 24.3 Å². The number of aryl methyl sites for hydroxylation is 1. The fourth-order valence-electron chi connectivity index (χ4n) is 2.60. The Bertz CT molecular complexity index is 481. The van der Waals surface area contributed by atoms with E-state index in [0.29, 0.717) is 0 Å². The van der Waals surface area contributed by atoms with Gasteiger partial charge in [-0.1, -0.05) is 19.1 Å². The first-order valence-corrected chi connectivity index (χ1v) is 7.70. The standard InChI is InChI=1S/C17H26N2O2/c1-13-5-4-6-15(11-13)21-14(2)16(20)19-12-17(3)7-9-18-10-8-17/h4-6,11,14,18H,7-10,12H2,1-3H3,(H,19,20). The molecule has 1 heterocycles. The molecule has 1 fully saturated rings. The molecule has 0 saturated carbocycles. The van der Waals surface area contributed by atoms with E-state index in [9.17, 15) is 4.79 Å². The molecular weight excluding hydrogens is 264 g/mol. The second-order valence-electron chi connectivity index (χ2n) is 6.36. The Balaban J connectivity index is 1.82. The summed E-state index contributed by atoms with van der Waals surface area (Å²) in [6.07, 6.45) is 1.72. The van der Waals surface area contributed by atoms with Gasteiger partial charge in [0.15, 0.2) is 6.10 Å². The van der Waals surface area contributed by atoms with Gasteiger partial charge >= 0.3 is 0 Å². The number of carbonyl (C=O) groups is 1. The molecule has 0 aromatic heterocycles. The first kappa shape index (κ1) is 15.8. The number of carbonyl (C=O) groups excluding carboxylic acids is 1. The third kappa shape index (κ3) is 4.74.